The standard InChI is InChI=1S/C14H10Br3F2N/c1-7(8-2-3-12(18)13(19)4-8)20-14-10(16)5-9(15)6-11(14)17/h2-7,20H,1H3. The van der Waals surface area contributed by atoms with E-state index in [1.54, 1.807) is 6.07 Å². The highest BCUT2D eigenvalue weighted by atomic mass is 79.9. The van der Waals surface area contributed by atoms with E-state index < -0.39 is 11.6 Å². The summed E-state index contributed by atoms with van der Waals surface area (Å²) in [6, 6.07) is 7.55. The lowest BCUT2D eigenvalue weighted by Gasteiger charge is -2.18. The lowest BCUT2D eigenvalue weighted by molar-refractivity contribution is 0.506. The van der Waals surface area contributed by atoms with E-state index in [1.807, 2.05) is 19.1 Å². The minimum atomic E-state index is -0.843. The predicted molar refractivity (Wildman–Crippen MR) is 87.9 cm³/mol. The van der Waals surface area contributed by atoms with Crippen molar-refractivity contribution in [1.82, 2.24) is 0 Å². The topological polar surface area (TPSA) is 12.0 Å². The molecule has 0 saturated carbocycles. The first-order valence-corrected chi connectivity index (χ1v) is 8.12. The molecule has 0 bridgehead atoms. The van der Waals surface area contributed by atoms with E-state index in [-0.39, 0.29) is 6.04 Å². The second-order valence-electron chi connectivity index (χ2n) is 4.28. The largest absolute Gasteiger partial charge is 0.377 e. The summed E-state index contributed by atoms with van der Waals surface area (Å²) in [4.78, 5) is 0. The molecule has 1 atom stereocenters. The molecular formula is C14H10Br3F2N. The van der Waals surface area contributed by atoms with Gasteiger partial charge in [-0.2, -0.15) is 0 Å². The highest BCUT2D eigenvalue weighted by Gasteiger charge is 2.13. The molecule has 20 heavy (non-hydrogen) atoms. The van der Waals surface area contributed by atoms with Gasteiger partial charge in [0.25, 0.3) is 0 Å². The van der Waals surface area contributed by atoms with E-state index >= 15 is 0 Å². The van der Waals surface area contributed by atoms with Crippen molar-refractivity contribution in [3.63, 3.8) is 0 Å². The fraction of sp³-hybridized carbons (Fsp3) is 0.143. The first-order chi connectivity index (χ1) is 9.38. The fourth-order valence-corrected chi connectivity index (χ4v) is 4.25. The summed E-state index contributed by atoms with van der Waals surface area (Å²) < 4.78 is 28.9. The lowest BCUT2D eigenvalue weighted by atomic mass is 10.1. The smallest absolute Gasteiger partial charge is 0.159 e. The van der Waals surface area contributed by atoms with E-state index in [0.29, 0.717) is 5.56 Å². The van der Waals surface area contributed by atoms with Crippen molar-refractivity contribution >= 4 is 53.5 Å². The second-order valence-corrected chi connectivity index (χ2v) is 6.91. The van der Waals surface area contributed by atoms with Crippen molar-refractivity contribution in [3.8, 4) is 0 Å². The number of halogens is 5. The number of rotatable bonds is 3. The van der Waals surface area contributed by atoms with Crippen LogP contribution in [0.15, 0.2) is 43.7 Å². The third-order valence-corrected chi connectivity index (χ3v) is 4.52. The molecule has 0 aliphatic heterocycles. The predicted octanol–water partition coefficient (Wildman–Crippen LogP) is 6.43. The Kier molecular flexibility index (Phi) is 5.20. The average Bonchev–Trinajstić information content (AvgIpc) is 2.36. The Hall–Kier alpha value is -0.460. The molecule has 1 unspecified atom stereocenters. The minimum absolute atomic E-state index is 0.168. The van der Waals surface area contributed by atoms with Crippen LogP contribution in [0.3, 0.4) is 0 Å². The van der Waals surface area contributed by atoms with Gasteiger partial charge in [-0.15, -0.1) is 0 Å². The Bertz CT molecular complexity index is 623. The lowest BCUT2D eigenvalue weighted by Crippen LogP contribution is -2.08. The molecule has 0 fully saturated rings. The van der Waals surface area contributed by atoms with Gasteiger partial charge in [0.1, 0.15) is 0 Å². The van der Waals surface area contributed by atoms with Gasteiger partial charge in [0.05, 0.1) is 5.69 Å². The van der Waals surface area contributed by atoms with Gasteiger partial charge in [0, 0.05) is 19.5 Å². The van der Waals surface area contributed by atoms with E-state index in [0.717, 1.165) is 25.2 Å². The molecule has 2 rings (SSSR count). The number of hydrogen-bond acceptors (Lipinski definition) is 1. The van der Waals surface area contributed by atoms with Gasteiger partial charge >= 0.3 is 0 Å². The van der Waals surface area contributed by atoms with Crippen molar-refractivity contribution in [2.45, 2.75) is 13.0 Å². The Morgan fingerprint density at radius 3 is 2.10 bits per heavy atom. The Morgan fingerprint density at radius 1 is 0.950 bits per heavy atom. The molecule has 0 aromatic heterocycles. The number of hydrogen-bond donors (Lipinski definition) is 1. The molecule has 0 spiro atoms. The maximum atomic E-state index is 13.3. The average molecular weight is 470 g/mol. The van der Waals surface area contributed by atoms with Crippen LogP contribution in [0, 0.1) is 11.6 Å². The van der Waals surface area contributed by atoms with Gasteiger partial charge in [-0.25, -0.2) is 8.78 Å². The first-order valence-electron chi connectivity index (χ1n) is 5.74. The van der Waals surface area contributed by atoms with Crippen molar-refractivity contribution < 1.29 is 8.78 Å². The quantitative estimate of drug-likeness (QED) is 0.546. The van der Waals surface area contributed by atoms with Gasteiger partial charge in [0.2, 0.25) is 0 Å². The molecule has 2 aromatic carbocycles. The summed E-state index contributed by atoms with van der Waals surface area (Å²) in [6.45, 7) is 1.88. The molecule has 0 heterocycles. The molecule has 0 saturated heterocycles. The van der Waals surface area contributed by atoms with Gasteiger partial charge < -0.3 is 5.32 Å². The minimum Gasteiger partial charge on any atom is -0.377 e. The van der Waals surface area contributed by atoms with E-state index in [9.17, 15) is 8.78 Å². The molecule has 6 heteroatoms. The summed E-state index contributed by atoms with van der Waals surface area (Å²) in [5.74, 6) is -1.68. The summed E-state index contributed by atoms with van der Waals surface area (Å²) in [6.07, 6.45) is 0. The fourth-order valence-electron chi connectivity index (χ4n) is 1.76. The van der Waals surface area contributed by atoms with Crippen molar-refractivity contribution in [3.05, 3.63) is 60.9 Å². The molecule has 1 N–H and O–H groups in total. The van der Waals surface area contributed by atoms with Crippen LogP contribution < -0.4 is 5.32 Å². The second kappa shape index (κ2) is 6.54. The molecule has 0 amide bonds. The number of nitrogens with one attached hydrogen (secondary N) is 1. The molecular weight excluding hydrogens is 460 g/mol. The Labute approximate surface area is 141 Å². The molecule has 1 nitrogen and oxygen atoms in total. The van der Waals surface area contributed by atoms with Crippen molar-refractivity contribution in [2.24, 2.45) is 0 Å². The van der Waals surface area contributed by atoms with E-state index in [4.69, 9.17) is 0 Å². The number of anilines is 1. The zero-order valence-electron chi connectivity index (χ0n) is 10.4. The maximum Gasteiger partial charge on any atom is 0.159 e. The van der Waals surface area contributed by atoms with E-state index in [2.05, 4.69) is 53.1 Å². The van der Waals surface area contributed by atoms with E-state index in [1.165, 1.54) is 6.07 Å². The van der Waals surface area contributed by atoms with Gasteiger partial charge in [-0.1, -0.05) is 22.0 Å². The van der Waals surface area contributed by atoms with Gasteiger partial charge in [-0.05, 0) is 68.6 Å². The summed E-state index contributed by atoms with van der Waals surface area (Å²) in [7, 11) is 0. The Balaban J connectivity index is 2.27. The normalized spacial score (nSPS) is 12.3. The molecule has 0 aliphatic carbocycles. The van der Waals surface area contributed by atoms with Gasteiger partial charge in [-0.3, -0.25) is 0 Å². The monoisotopic (exact) mass is 467 g/mol. The first kappa shape index (κ1) is 15.9. The van der Waals surface area contributed by atoms with Crippen LogP contribution in [-0.4, -0.2) is 0 Å². The van der Waals surface area contributed by atoms with Crippen LogP contribution >= 0.6 is 47.8 Å². The zero-order valence-corrected chi connectivity index (χ0v) is 15.1. The molecule has 0 aliphatic rings. The molecule has 106 valence electrons. The third kappa shape index (κ3) is 3.59. The maximum absolute atomic E-state index is 13.3. The third-order valence-electron chi connectivity index (χ3n) is 2.81. The summed E-state index contributed by atoms with van der Waals surface area (Å²) in [5, 5.41) is 3.26. The number of benzene rings is 2. The Morgan fingerprint density at radius 2 is 1.55 bits per heavy atom. The van der Waals surface area contributed by atoms with Gasteiger partial charge in [0.15, 0.2) is 11.6 Å². The van der Waals surface area contributed by atoms with Crippen LogP contribution in [-0.2, 0) is 0 Å². The molecule has 2 aromatic rings. The summed E-state index contributed by atoms with van der Waals surface area (Å²) in [5.41, 5.74) is 1.52. The molecule has 0 radical (unpaired) electrons. The highest BCUT2D eigenvalue weighted by Crippen LogP contribution is 2.36. The van der Waals surface area contributed by atoms with Crippen molar-refractivity contribution in [2.75, 3.05) is 5.32 Å². The van der Waals surface area contributed by atoms with Crippen LogP contribution in [0.4, 0.5) is 14.5 Å². The van der Waals surface area contributed by atoms with Crippen LogP contribution in [0.2, 0.25) is 0 Å². The highest BCUT2D eigenvalue weighted by molar-refractivity contribution is 9.11. The van der Waals surface area contributed by atoms with Crippen LogP contribution in [0.5, 0.6) is 0 Å². The van der Waals surface area contributed by atoms with Crippen LogP contribution in [0.25, 0.3) is 0 Å². The SMILES string of the molecule is CC(Nc1c(Br)cc(Br)cc1Br)c1ccc(F)c(F)c1. The zero-order chi connectivity index (χ0) is 14.9. The summed E-state index contributed by atoms with van der Waals surface area (Å²) >= 11 is 10.3. The van der Waals surface area contributed by atoms with Crippen molar-refractivity contribution in [1.29, 1.82) is 0 Å². The van der Waals surface area contributed by atoms with Crippen LogP contribution in [0.1, 0.15) is 18.5 Å².